The Balaban J connectivity index is 2.32. The molecule has 0 aliphatic heterocycles. The zero-order valence-electron chi connectivity index (χ0n) is 16.5. The monoisotopic (exact) mass is 456 g/mol. The van der Waals surface area contributed by atoms with E-state index in [2.05, 4.69) is 51.9 Å². The van der Waals surface area contributed by atoms with E-state index in [1.807, 2.05) is 75.4 Å². The second-order valence-corrected chi connectivity index (χ2v) is 16.9. The van der Waals surface area contributed by atoms with Crippen LogP contribution in [0.4, 0.5) is 0 Å². The molecule has 0 saturated carbocycles. The fraction of sp³-hybridized carbons (Fsp3) is 0.208. The van der Waals surface area contributed by atoms with Crippen molar-refractivity contribution in [3.63, 3.8) is 0 Å². The van der Waals surface area contributed by atoms with Crippen molar-refractivity contribution >= 4 is 42.7 Å². The Bertz CT molecular complexity index is 835. The molecule has 0 aromatic heterocycles. The van der Waals surface area contributed by atoms with E-state index in [4.69, 9.17) is 4.74 Å². The summed E-state index contributed by atoms with van der Waals surface area (Å²) in [6.45, 7) is 5.71. The molecule has 0 atom stereocenters. The summed E-state index contributed by atoms with van der Waals surface area (Å²) in [6.07, 6.45) is 0.251. The zero-order chi connectivity index (χ0) is 20.3. The van der Waals surface area contributed by atoms with Crippen LogP contribution in [0.2, 0.25) is 0 Å². The normalized spacial score (nSPS) is 13.4. The van der Waals surface area contributed by atoms with Crippen molar-refractivity contribution in [3.8, 4) is 0 Å². The van der Waals surface area contributed by atoms with Crippen molar-refractivity contribution in [1.29, 1.82) is 0 Å². The van der Waals surface area contributed by atoms with Crippen molar-refractivity contribution in [1.82, 2.24) is 0 Å². The van der Waals surface area contributed by atoms with Crippen LogP contribution in [0.3, 0.4) is 0 Å². The molecular weight excluding hydrogens is 431 g/mol. The van der Waals surface area contributed by atoms with Crippen LogP contribution in [0.15, 0.2) is 91.0 Å². The van der Waals surface area contributed by atoms with Crippen molar-refractivity contribution in [2.45, 2.75) is 26.4 Å². The van der Waals surface area contributed by atoms with Gasteiger partial charge in [-0.05, 0) is 0 Å². The van der Waals surface area contributed by atoms with Crippen LogP contribution in [-0.2, 0) is 9.53 Å². The number of rotatable bonds is 5. The van der Waals surface area contributed by atoms with E-state index in [1.165, 1.54) is 0 Å². The summed E-state index contributed by atoms with van der Waals surface area (Å²) in [6, 6.07) is 30.8. The summed E-state index contributed by atoms with van der Waals surface area (Å²) in [5, 5.41) is 0.0607. The van der Waals surface area contributed by atoms with Crippen LogP contribution < -0.4 is 15.9 Å². The summed E-state index contributed by atoms with van der Waals surface area (Å²) in [4.78, 5) is 13.2. The topological polar surface area (TPSA) is 26.3 Å². The van der Waals surface area contributed by atoms with Gasteiger partial charge in [0.1, 0.15) is 0 Å². The third-order valence-corrected chi connectivity index (χ3v) is 14.1. The zero-order valence-corrected chi connectivity index (χ0v) is 19.0. The first-order valence-electron chi connectivity index (χ1n) is 9.35. The molecule has 0 unspecified atom stereocenters. The summed E-state index contributed by atoms with van der Waals surface area (Å²) in [5.74, 6) is -0.210. The first-order chi connectivity index (χ1) is 13.2. The first kappa shape index (κ1) is 20.8. The van der Waals surface area contributed by atoms with Crippen molar-refractivity contribution in [2.75, 3.05) is 6.16 Å². The number of carbonyl (C=O) groups is 1. The van der Waals surface area contributed by atoms with Crippen molar-refractivity contribution < 1.29 is 9.53 Å². The fourth-order valence-corrected chi connectivity index (χ4v) is 10.7. The molecule has 3 rings (SSSR count). The van der Waals surface area contributed by atoms with E-state index >= 15 is 0 Å². The third kappa shape index (κ3) is 3.92. The van der Waals surface area contributed by atoms with Crippen LogP contribution in [0.25, 0.3) is 0 Å². The second-order valence-electron chi connectivity index (χ2n) is 7.93. The number of esters is 1. The van der Waals surface area contributed by atoms with Crippen LogP contribution in [0.5, 0.6) is 0 Å². The van der Waals surface area contributed by atoms with Crippen LogP contribution in [-0.4, -0.2) is 17.7 Å². The molecule has 3 aromatic rings. The van der Waals surface area contributed by atoms with E-state index < -0.39 is 10.9 Å². The van der Waals surface area contributed by atoms with E-state index in [-0.39, 0.29) is 12.1 Å². The molecule has 0 N–H and O–H groups in total. The third-order valence-electron chi connectivity index (χ3n) is 4.73. The first-order valence-corrected chi connectivity index (χ1v) is 13.8. The quantitative estimate of drug-likeness (QED) is 0.391. The SMILES string of the molecule is CC(C)(C)OC(=O)CP(Br)(c1ccccc1)(c1ccccc1)c1ccccc1. The molecule has 146 valence electrons. The van der Waals surface area contributed by atoms with Gasteiger partial charge in [0.05, 0.1) is 0 Å². The maximum atomic E-state index is 13.2. The summed E-state index contributed by atoms with van der Waals surface area (Å²) in [5.41, 5.74) is -0.538. The molecule has 0 aliphatic carbocycles. The fourth-order valence-electron chi connectivity index (χ4n) is 3.55. The van der Waals surface area contributed by atoms with Gasteiger partial charge >= 0.3 is 176 Å². The van der Waals surface area contributed by atoms with Gasteiger partial charge in [-0.25, -0.2) is 0 Å². The molecule has 0 bridgehead atoms. The van der Waals surface area contributed by atoms with E-state index in [0.29, 0.717) is 0 Å². The average Bonchev–Trinajstić information content (AvgIpc) is 2.68. The molecule has 28 heavy (non-hydrogen) atoms. The Morgan fingerprint density at radius 3 is 1.36 bits per heavy atom. The average molecular weight is 457 g/mol. The van der Waals surface area contributed by atoms with Gasteiger partial charge in [-0.2, -0.15) is 0 Å². The number of hydrogen-bond acceptors (Lipinski definition) is 2. The number of halogens is 1. The standard InChI is InChI=1S/C24H26BrO2P/c1-24(2,3)27-23(26)19-28(25,20-13-7-4-8-14-20,21-15-9-5-10-16-21)22-17-11-6-12-18-22/h4-18H,19H2,1-3H3. The Labute approximate surface area is 175 Å². The van der Waals surface area contributed by atoms with Gasteiger partial charge in [-0.15, -0.1) is 0 Å². The van der Waals surface area contributed by atoms with E-state index in [1.54, 1.807) is 0 Å². The van der Waals surface area contributed by atoms with Gasteiger partial charge in [-0.3, -0.25) is 0 Å². The van der Waals surface area contributed by atoms with Gasteiger partial charge in [-0.1, -0.05) is 0 Å². The van der Waals surface area contributed by atoms with Crippen molar-refractivity contribution in [3.05, 3.63) is 91.0 Å². The number of carbonyl (C=O) groups excluding carboxylic acids is 1. The second kappa shape index (κ2) is 7.81. The number of ether oxygens (including phenoxy) is 1. The molecule has 0 heterocycles. The molecule has 0 aliphatic rings. The Hall–Kier alpha value is -1.96. The predicted molar refractivity (Wildman–Crippen MR) is 125 cm³/mol. The molecule has 2 nitrogen and oxygen atoms in total. The van der Waals surface area contributed by atoms with Crippen molar-refractivity contribution in [2.24, 2.45) is 0 Å². The molecule has 4 heteroatoms. The summed E-state index contributed by atoms with van der Waals surface area (Å²) >= 11 is 4.26. The maximum absolute atomic E-state index is 13.2. The molecule has 0 spiro atoms. The Kier molecular flexibility index (Phi) is 5.79. The summed E-state index contributed by atoms with van der Waals surface area (Å²) in [7, 11) is 0. The molecule has 0 radical (unpaired) electrons. The minimum atomic E-state index is -3.26. The van der Waals surface area contributed by atoms with Crippen LogP contribution in [0.1, 0.15) is 20.8 Å². The molecule has 0 saturated heterocycles. The molecular formula is C24H26BrO2P. The van der Waals surface area contributed by atoms with E-state index in [9.17, 15) is 4.79 Å². The van der Waals surface area contributed by atoms with Gasteiger partial charge in [0.2, 0.25) is 0 Å². The van der Waals surface area contributed by atoms with E-state index in [0.717, 1.165) is 15.9 Å². The van der Waals surface area contributed by atoms with Crippen LogP contribution in [0, 0.1) is 0 Å². The number of benzene rings is 3. The van der Waals surface area contributed by atoms with Gasteiger partial charge in [0.25, 0.3) is 0 Å². The Morgan fingerprint density at radius 1 is 0.750 bits per heavy atom. The molecule has 0 amide bonds. The Morgan fingerprint density at radius 2 is 1.07 bits per heavy atom. The van der Waals surface area contributed by atoms with Gasteiger partial charge < -0.3 is 0 Å². The van der Waals surface area contributed by atoms with Gasteiger partial charge in [0, 0.05) is 0 Å². The predicted octanol–water partition coefficient (Wildman–Crippen LogP) is 5.17. The van der Waals surface area contributed by atoms with Crippen LogP contribution >= 0.6 is 20.8 Å². The molecule has 0 fully saturated rings. The van der Waals surface area contributed by atoms with Gasteiger partial charge in [0.15, 0.2) is 0 Å². The minimum absolute atomic E-state index is 0.210. The number of hydrogen-bond donors (Lipinski definition) is 0. The molecule has 3 aromatic carbocycles. The summed E-state index contributed by atoms with van der Waals surface area (Å²) < 4.78 is 5.79.